The van der Waals surface area contributed by atoms with Crippen molar-refractivity contribution in [3.05, 3.63) is 59.2 Å². The number of ether oxygens (including phenoxy) is 3. The van der Waals surface area contributed by atoms with Crippen LogP contribution in [0, 0.1) is 0 Å². The first-order chi connectivity index (χ1) is 11.3. The van der Waals surface area contributed by atoms with Crippen LogP contribution in [0.15, 0.2) is 42.5 Å². The summed E-state index contributed by atoms with van der Waals surface area (Å²) in [6.07, 6.45) is 2.08. The molecule has 4 rings (SSSR count). The summed E-state index contributed by atoms with van der Waals surface area (Å²) in [6.45, 7) is 2.75. The largest absolute Gasteiger partial charge is 0.493 e. The zero-order chi connectivity index (χ0) is 15.8. The fourth-order valence-electron chi connectivity index (χ4n) is 3.05. The first-order valence-electron chi connectivity index (χ1n) is 7.66. The third kappa shape index (κ3) is 2.36. The maximum Gasteiger partial charge on any atom is 0.231 e. The maximum absolute atomic E-state index is 12.2. The van der Waals surface area contributed by atoms with E-state index in [0.29, 0.717) is 18.8 Å². The molecule has 1 heterocycles. The molecule has 116 valence electrons. The van der Waals surface area contributed by atoms with E-state index in [4.69, 9.17) is 14.2 Å². The summed E-state index contributed by atoms with van der Waals surface area (Å²) in [5, 5.41) is 0. The van der Waals surface area contributed by atoms with Crippen LogP contribution in [-0.2, 0) is 11.2 Å². The molecule has 2 aliphatic rings. The van der Waals surface area contributed by atoms with Gasteiger partial charge in [0.2, 0.25) is 6.79 Å². The maximum atomic E-state index is 12.2. The molecule has 4 nitrogen and oxygen atoms in total. The summed E-state index contributed by atoms with van der Waals surface area (Å²) >= 11 is 0. The van der Waals surface area contributed by atoms with Gasteiger partial charge in [-0.1, -0.05) is 18.2 Å². The number of hydrogen-bond acceptors (Lipinski definition) is 4. The van der Waals surface area contributed by atoms with Crippen LogP contribution in [0.1, 0.15) is 23.6 Å². The van der Waals surface area contributed by atoms with Crippen LogP contribution in [0.3, 0.4) is 0 Å². The van der Waals surface area contributed by atoms with E-state index in [1.807, 2.05) is 43.3 Å². The van der Waals surface area contributed by atoms with E-state index in [2.05, 4.69) is 0 Å². The summed E-state index contributed by atoms with van der Waals surface area (Å²) in [7, 11) is 0. The van der Waals surface area contributed by atoms with Crippen molar-refractivity contribution >= 4 is 11.4 Å². The molecule has 2 aromatic carbocycles. The number of carbonyl (C=O) groups excluding carboxylic acids is 1. The van der Waals surface area contributed by atoms with Gasteiger partial charge in [-0.15, -0.1) is 0 Å². The minimum atomic E-state index is 0.0812. The van der Waals surface area contributed by atoms with Crippen molar-refractivity contribution in [3.8, 4) is 17.2 Å². The van der Waals surface area contributed by atoms with Gasteiger partial charge in [-0.2, -0.15) is 0 Å². The van der Waals surface area contributed by atoms with E-state index in [-0.39, 0.29) is 12.6 Å². The molecule has 0 radical (unpaired) electrons. The molecule has 0 unspecified atom stereocenters. The van der Waals surface area contributed by atoms with E-state index in [1.54, 1.807) is 6.08 Å². The molecular weight excluding hydrogens is 292 g/mol. The van der Waals surface area contributed by atoms with E-state index >= 15 is 0 Å². The van der Waals surface area contributed by atoms with Crippen LogP contribution in [0.4, 0.5) is 0 Å². The molecule has 0 atom stereocenters. The van der Waals surface area contributed by atoms with Gasteiger partial charge in [0.1, 0.15) is 5.75 Å². The highest BCUT2D eigenvalue weighted by Gasteiger charge is 2.25. The van der Waals surface area contributed by atoms with E-state index in [1.165, 1.54) is 0 Å². The van der Waals surface area contributed by atoms with E-state index < -0.39 is 0 Å². The van der Waals surface area contributed by atoms with Gasteiger partial charge in [0, 0.05) is 12.0 Å². The standard InChI is InChI=1S/C19H16O4/c1-2-21-17-6-4-3-5-14(17)16-9-13(20)7-12-8-18-19(10-15(12)16)23-11-22-18/h3-6,8-10H,2,7,11H2,1H3. The number of carbonyl (C=O) groups is 1. The first-order valence-corrected chi connectivity index (χ1v) is 7.66. The third-order valence-corrected chi connectivity index (χ3v) is 4.04. The number of fused-ring (bicyclic) bond motifs is 2. The Morgan fingerprint density at radius 3 is 2.70 bits per heavy atom. The zero-order valence-electron chi connectivity index (χ0n) is 12.8. The van der Waals surface area contributed by atoms with Gasteiger partial charge in [-0.25, -0.2) is 0 Å². The lowest BCUT2D eigenvalue weighted by Gasteiger charge is -2.20. The summed E-state index contributed by atoms with van der Waals surface area (Å²) in [4.78, 5) is 12.2. The molecule has 0 amide bonds. The molecule has 0 fully saturated rings. The molecule has 2 aromatic rings. The molecule has 0 saturated carbocycles. The Morgan fingerprint density at radius 2 is 1.87 bits per heavy atom. The number of allylic oxidation sites excluding steroid dienone is 1. The lowest BCUT2D eigenvalue weighted by atomic mass is 9.85. The highest BCUT2D eigenvalue weighted by Crippen LogP contribution is 2.42. The third-order valence-electron chi connectivity index (χ3n) is 4.04. The molecule has 4 heteroatoms. The van der Waals surface area contributed by atoms with Crippen LogP contribution >= 0.6 is 0 Å². The normalized spacial score (nSPS) is 15.2. The lowest BCUT2D eigenvalue weighted by Crippen LogP contribution is -2.10. The van der Waals surface area contributed by atoms with Crippen molar-refractivity contribution in [1.29, 1.82) is 0 Å². The summed E-state index contributed by atoms with van der Waals surface area (Å²) in [6, 6.07) is 11.6. The predicted molar refractivity (Wildman–Crippen MR) is 86.0 cm³/mol. The molecule has 0 N–H and O–H groups in total. The minimum absolute atomic E-state index is 0.0812. The van der Waals surface area contributed by atoms with Crippen molar-refractivity contribution in [2.75, 3.05) is 13.4 Å². The van der Waals surface area contributed by atoms with Crippen LogP contribution in [-0.4, -0.2) is 19.2 Å². The zero-order valence-corrected chi connectivity index (χ0v) is 12.8. The van der Waals surface area contributed by atoms with Gasteiger partial charge >= 0.3 is 0 Å². The highest BCUT2D eigenvalue weighted by atomic mass is 16.7. The van der Waals surface area contributed by atoms with E-state index in [9.17, 15) is 4.79 Å². The Morgan fingerprint density at radius 1 is 1.09 bits per heavy atom. The van der Waals surface area contributed by atoms with Gasteiger partial charge < -0.3 is 14.2 Å². The van der Waals surface area contributed by atoms with Crippen molar-refractivity contribution in [2.45, 2.75) is 13.3 Å². The predicted octanol–water partition coefficient (Wildman–Crippen LogP) is 3.37. The van der Waals surface area contributed by atoms with Crippen LogP contribution in [0.5, 0.6) is 17.2 Å². The van der Waals surface area contributed by atoms with Gasteiger partial charge in [0.15, 0.2) is 17.3 Å². The minimum Gasteiger partial charge on any atom is -0.493 e. The van der Waals surface area contributed by atoms with Crippen molar-refractivity contribution in [3.63, 3.8) is 0 Å². The van der Waals surface area contributed by atoms with Crippen molar-refractivity contribution in [2.24, 2.45) is 0 Å². The highest BCUT2D eigenvalue weighted by molar-refractivity contribution is 6.06. The van der Waals surface area contributed by atoms with Crippen LogP contribution < -0.4 is 14.2 Å². The Labute approximate surface area is 134 Å². The molecule has 0 saturated heterocycles. The molecule has 1 aliphatic heterocycles. The second-order valence-electron chi connectivity index (χ2n) is 5.49. The average Bonchev–Trinajstić information content (AvgIpc) is 3.00. The van der Waals surface area contributed by atoms with Gasteiger partial charge in [0.05, 0.1) is 6.61 Å². The first kappa shape index (κ1) is 13.9. The number of hydrogen-bond donors (Lipinski definition) is 0. The Bertz CT molecular complexity index is 820. The van der Waals surface area contributed by atoms with Crippen LogP contribution in [0.2, 0.25) is 0 Å². The quantitative estimate of drug-likeness (QED) is 0.872. The van der Waals surface area contributed by atoms with E-state index in [0.717, 1.165) is 33.8 Å². The van der Waals surface area contributed by atoms with Crippen molar-refractivity contribution < 1.29 is 19.0 Å². The number of para-hydroxylation sites is 1. The van der Waals surface area contributed by atoms with Crippen LogP contribution in [0.25, 0.3) is 5.57 Å². The summed E-state index contributed by atoms with van der Waals surface area (Å²) in [5.74, 6) is 2.28. The molecular formula is C19H16O4. The number of ketones is 1. The number of rotatable bonds is 3. The summed E-state index contributed by atoms with van der Waals surface area (Å²) < 4.78 is 16.6. The Hall–Kier alpha value is -2.75. The van der Waals surface area contributed by atoms with Gasteiger partial charge in [-0.05, 0) is 47.9 Å². The Kier molecular flexibility index (Phi) is 3.30. The Balaban J connectivity index is 1.88. The average molecular weight is 308 g/mol. The molecule has 0 bridgehead atoms. The van der Waals surface area contributed by atoms with Crippen molar-refractivity contribution in [1.82, 2.24) is 0 Å². The lowest BCUT2D eigenvalue weighted by molar-refractivity contribution is -0.114. The SMILES string of the molecule is CCOc1ccccc1C1=CC(=O)Cc2cc3c(cc21)OCO3. The fourth-order valence-corrected chi connectivity index (χ4v) is 3.05. The fraction of sp³-hybridized carbons (Fsp3) is 0.211. The molecule has 0 aromatic heterocycles. The second-order valence-corrected chi connectivity index (χ2v) is 5.49. The monoisotopic (exact) mass is 308 g/mol. The molecule has 23 heavy (non-hydrogen) atoms. The topological polar surface area (TPSA) is 44.8 Å². The number of benzene rings is 2. The van der Waals surface area contributed by atoms with Gasteiger partial charge in [-0.3, -0.25) is 4.79 Å². The molecule has 0 spiro atoms. The second kappa shape index (κ2) is 5.47. The van der Waals surface area contributed by atoms with Gasteiger partial charge in [0.25, 0.3) is 0 Å². The summed E-state index contributed by atoms with van der Waals surface area (Å²) in [5.41, 5.74) is 3.75. The molecule has 1 aliphatic carbocycles. The smallest absolute Gasteiger partial charge is 0.231 e.